The zero-order valence-corrected chi connectivity index (χ0v) is 12.6. The Balaban J connectivity index is 2.24. The maximum Gasteiger partial charge on any atom is 0.358 e. The molecule has 1 unspecified atom stereocenters. The van der Waals surface area contributed by atoms with Crippen molar-refractivity contribution in [2.75, 3.05) is 12.3 Å². The van der Waals surface area contributed by atoms with Crippen molar-refractivity contribution in [3.63, 3.8) is 0 Å². The molecule has 0 saturated carbocycles. The summed E-state index contributed by atoms with van der Waals surface area (Å²) in [6.07, 6.45) is -0.0876. The van der Waals surface area contributed by atoms with Crippen molar-refractivity contribution in [1.82, 2.24) is 4.98 Å². The van der Waals surface area contributed by atoms with Crippen LogP contribution in [0.4, 0.5) is 5.69 Å². The fourth-order valence-corrected chi connectivity index (χ4v) is 1.91. The third-order valence-corrected chi connectivity index (χ3v) is 3.17. The van der Waals surface area contributed by atoms with Crippen molar-refractivity contribution < 1.29 is 14.4 Å². The summed E-state index contributed by atoms with van der Waals surface area (Å²) in [6.45, 7) is 4.14. The van der Waals surface area contributed by atoms with Gasteiger partial charge < -0.3 is 15.3 Å². The fraction of sp³-hybridized carbons (Fsp3) is 0.462. The number of aromatic nitrogens is 1. The molecule has 6 nitrogen and oxygen atoms in total. The van der Waals surface area contributed by atoms with Gasteiger partial charge in [0.25, 0.3) is 0 Å². The summed E-state index contributed by atoms with van der Waals surface area (Å²) < 4.78 is 5.13. The Bertz CT molecular complexity index is 592. The number of anilines is 1. The maximum atomic E-state index is 12.0. The number of pyridine rings is 1. The molecule has 2 radical (unpaired) electrons. The Hall–Kier alpha value is -1.76. The normalized spacial score (nSPS) is 17.5. The number of hydrogen-bond donors (Lipinski definition) is 1. The van der Waals surface area contributed by atoms with E-state index in [0.29, 0.717) is 17.7 Å². The summed E-state index contributed by atoms with van der Waals surface area (Å²) in [5, 5.41) is 3.71. The Morgan fingerprint density at radius 1 is 1.67 bits per heavy atom. The van der Waals surface area contributed by atoms with Gasteiger partial charge in [0.1, 0.15) is 7.85 Å². The minimum atomic E-state index is -0.617. The van der Waals surface area contributed by atoms with E-state index in [-0.39, 0.29) is 28.9 Å². The Morgan fingerprint density at radius 2 is 2.38 bits per heavy atom. The molecule has 8 heteroatoms. The van der Waals surface area contributed by atoms with Crippen LogP contribution in [-0.4, -0.2) is 31.0 Å². The average molecular weight is 308 g/mol. The van der Waals surface area contributed by atoms with Crippen LogP contribution in [0.1, 0.15) is 42.6 Å². The molecule has 0 aliphatic carbocycles. The van der Waals surface area contributed by atoms with Gasteiger partial charge in [-0.25, -0.2) is 9.78 Å². The zero-order chi connectivity index (χ0) is 15.6. The highest BCUT2D eigenvalue weighted by molar-refractivity contribution is 6.59. The van der Waals surface area contributed by atoms with Gasteiger partial charge in [-0.1, -0.05) is 25.4 Å². The number of nitrogens with two attached hydrogens (primary N) is 1. The molecule has 0 amide bonds. The Morgan fingerprint density at radius 3 is 2.95 bits per heavy atom. The Kier molecular flexibility index (Phi) is 4.72. The summed E-state index contributed by atoms with van der Waals surface area (Å²) in [4.78, 5) is 21.4. The van der Waals surface area contributed by atoms with Crippen LogP contribution in [0.15, 0.2) is 11.2 Å². The predicted molar refractivity (Wildman–Crippen MR) is 80.4 cm³/mol. The van der Waals surface area contributed by atoms with E-state index in [9.17, 15) is 4.79 Å². The maximum absolute atomic E-state index is 12.0. The highest BCUT2D eigenvalue weighted by atomic mass is 35.5. The van der Waals surface area contributed by atoms with Crippen molar-refractivity contribution in [3.8, 4) is 0 Å². The van der Waals surface area contributed by atoms with Gasteiger partial charge >= 0.3 is 5.97 Å². The quantitative estimate of drug-likeness (QED) is 0.679. The predicted octanol–water partition coefficient (Wildman–Crippen LogP) is 2.07. The minimum absolute atomic E-state index is 0.0265. The number of carbonyl (C=O) groups is 1. The molecule has 0 fully saturated rings. The summed E-state index contributed by atoms with van der Waals surface area (Å²) in [5.74, 6) is -0.409. The van der Waals surface area contributed by atoms with Crippen LogP contribution in [0.3, 0.4) is 0 Å². The number of nitrogens with zero attached hydrogens (tertiary/aromatic N) is 2. The molecule has 2 heterocycles. The zero-order valence-electron chi connectivity index (χ0n) is 11.8. The highest BCUT2D eigenvalue weighted by Crippen LogP contribution is 2.31. The highest BCUT2D eigenvalue weighted by Gasteiger charge is 2.25. The van der Waals surface area contributed by atoms with Crippen LogP contribution in [0.25, 0.3) is 0 Å². The number of oxime groups is 1. The van der Waals surface area contributed by atoms with Crippen molar-refractivity contribution >= 4 is 36.7 Å². The van der Waals surface area contributed by atoms with Crippen LogP contribution < -0.4 is 5.73 Å². The lowest BCUT2D eigenvalue weighted by Gasteiger charge is -2.13. The molecule has 1 aliphatic heterocycles. The molecule has 1 atom stereocenters. The molecule has 0 bridgehead atoms. The topological polar surface area (TPSA) is 86.8 Å². The molecule has 2 rings (SSSR count). The largest absolute Gasteiger partial charge is 0.461 e. The number of halogens is 1. The van der Waals surface area contributed by atoms with Crippen molar-refractivity contribution in [1.29, 1.82) is 0 Å². The van der Waals surface area contributed by atoms with E-state index in [2.05, 4.69) is 10.1 Å². The summed E-state index contributed by atoms with van der Waals surface area (Å²) in [6, 6.07) is 1.54. The van der Waals surface area contributed by atoms with Gasteiger partial charge in [0, 0.05) is 12.0 Å². The molecule has 1 aromatic rings. The first-order valence-corrected chi connectivity index (χ1v) is 6.87. The monoisotopic (exact) mass is 307 g/mol. The van der Waals surface area contributed by atoms with Gasteiger partial charge in [-0.3, -0.25) is 0 Å². The lowest BCUT2D eigenvalue weighted by Crippen LogP contribution is -2.15. The molecular weight excluding hydrogens is 292 g/mol. The molecule has 0 spiro atoms. The Labute approximate surface area is 129 Å². The van der Waals surface area contributed by atoms with Crippen molar-refractivity contribution in [2.24, 2.45) is 11.1 Å². The number of ether oxygens (including phenoxy) is 1. The number of esters is 1. The van der Waals surface area contributed by atoms with Crippen LogP contribution in [-0.2, 0) is 9.57 Å². The van der Waals surface area contributed by atoms with Gasteiger partial charge in [0.05, 0.1) is 23.0 Å². The van der Waals surface area contributed by atoms with E-state index in [0.717, 1.165) is 0 Å². The lowest BCUT2D eigenvalue weighted by atomic mass is 9.95. The van der Waals surface area contributed by atoms with Gasteiger partial charge in [0.15, 0.2) is 11.8 Å². The van der Waals surface area contributed by atoms with E-state index in [1.807, 2.05) is 13.8 Å². The second kappa shape index (κ2) is 6.34. The van der Waals surface area contributed by atoms with Gasteiger partial charge in [0.2, 0.25) is 0 Å². The summed E-state index contributed by atoms with van der Waals surface area (Å²) in [7, 11) is 5.56. The third kappa shape index (κ3) is 3.67. The second-order valence-electron chi connectivity index (χ2n) is 5.17. The van der Waals surface area contributed by atoms with Crippen LogP contribution in [0, 0.1) is 5.92 Å². The van der Waals surface area contributed by atoms with Crippen LogP contribution in [0.2, 0.25) is 5.02 Å². The number of rotatable bonds is 4. The van der Waals surface area contributed by atoms with Crippen molar-refractivity contribution in [2.45, 2.75) is 26.4 Å². The first-order chi connectivity index (χ1) is 9.88. The fourth-order valence-electron chi connectivity index (χ4n) is 1.74. The third-order valence-electron chi connectivity index (χ3n) is 2.77. The summed E-state index contributed by atoms with van der Waals surface area (Å²) >= 11 is 6.03. The van der Waals surface area contributed by atoms with E-state index in [1.165, 1.54) is 0 Å². The molecule has 2 N–H and O–H groups in total. The SMILES string of the molecule is [B]C1=NOC(c2cc(N)c(Cl)c(C(=O)OCC(C)C)n2)C1. The molecule has 110 valence electrons. The molecule has 21 heavy (non-hydrogen) atoms. The van der Waals surface area contributed by atoms with Crippen molar-refractivity contribution in [3.05, 3.63) is 22.5 Å². The van der Waals surface area contributed by atoms with E-state index >= 15 is 0 Å². The molecule has 1 aromatic heterocycles. The minimum Gasteiger partial charge on any atom is -0.461 e. The molecular formula is C13H15BClN3O3. The van der Waals surface area contributed by atoms with Gasteiger partial charge in [-0.2, -0.15) is 0 Å². The number of nitrogen functional groups attached to an aromatic ring is 1. The van der Waals surface area contributed by atoms with E-state index in [1.54, 1.807) is 6.07 Å². The lowest BCUT2D eigenvalue weighted by molar-refractivity contribution is 0.0449. The van der Waals surface area contributed by atoms with Crippen LogP contribution in [0.5, 0.6) is 0 Å². The van der Waals surface area contributed by atoms with Crippen LogP contribution >= 0.6 is 11.6 Å². The molecule has 0 aromatic carbocycles. The second-order valence-corrected chi connectivity index (χ2v) is 5.55. The summed E-state index contributed by atoms with van der Waals surface area (Å²) in [5.41, 5.74) is 6.82. The van der Waals surface area contributed by atoms with Gasteiger partial charge in [-0.05, 0) is 12.0 Å². The standard InChI is InChI=1S/C13H15BClN3O3/c1-6(2)5-20-13(19)12-11(15)7(16)3-8(17-12)9-4-10(14)18-21-9/h3,6,9H,4-5H2,1-2H3,(H2,16,17). The molecule has 0 saturated heterocycles. The van der Waals surface area contributed by atoms with Gasteiger partial charge in [-0.15, -0.1) is 5.16 Å². The number of hydrogen-bond acceptors (Lipinski definition) is 6. The van der Waals surface area contributed by atoms with E-state index in [4.69, 9.17) is 34.8 Å². The average Bonchev–Trinajstić information content (AvgIpc) is 2.85. The van der Waals surface area contributed by atoms with E-state index < -0.39 is 12.1 Å². The number of carbonyl (C=O) groups excluding carboxylic acids is 1. The smallest absolute Gasteiger partial charge is 0.358 e. The molecule has 1 aliphatic rings. The first kappa shape index (κ1) is 15.6. The first-order valence-electron chi connectivity index (χ1n) is 6.49.